The van der Waals surface area contributed by atoms with E-state index in [9.17, 15) is 5.11 Å². The molecule has 78 valence electrons. The van der Waals surface area contributed by atoms with Gasteiger partial charge < -0.3 is 10.2 Å². The Labute approximate surface area is 96.6 Å². The molecule has 0 bridgehead atoms. The van der Waals surface area contributed by atoms with Crippen molar-refractivity contribution in [1.82, 2.24) is 0 Å². The summed E-state index contributed by atoms with van der Waals surface area (Å²) in [5.74, 6) is 0.102. The molecule has 0 saturated heterocycles. The minimum Gasteiger partial charge on any atom is -0.396 e. The van der Waals surface area contributed by atoms with Gasteiger partial charge in [0.15, 0.2) is 0 Å². The number of hydrogen-bond acceptors (Lipinski definition) is 2. The third-order valence-corrected chi connectivity index (χ3v) is 2.29. The average molecular weight is 222 g/mol. The number of aliphatic hydroxyl groups excluding tert-OH is 2. The molecule has 0 aromatic heterocycles. The summed E-state index contributed by atoms with van der Waals surface area (Å²) in [5, 5.41) is 18.6. The summed E-state index contributed by atoms with van der Waals surface area (Å²) >= 11 is 0. The van der Waals surface area contributed by atoms with Gasteiger partial charge >= 0.3 is 0 Å². The molecule has 0 aromatic rings. The van der Waals surface area contributed by atoms with E-state index >= 15 is 0 Å². The second-order valence-corrected chi connectivity index (χ2v) is 3.44. The monoisotopic (exact) mass is 222 g/mol. The fraction of sp³-hybridized carbons (Fsp3) is 1.00. The molecule has 0 aliphatic carbocycles. The summed E-state index contributed by atoms with van der Waals surface area (Å²) in [7, 11) is 0. The van der Waals surface area contributed by atoms with Crippen LogP contribution in [0.3, 0.4) is 0 Å². The van der Waals surface area contributed by atoms with E-state index < -0.39 is 0 Å². The molecule has 0 aliphatic heterocycles. The first-order valence-corrected chi connectivity index (χ1v) is 5.05. The number of hydrogen-bond donors (Lipinski definition) is 2. The van der Waals surface area contributed by atoms with E-state index in [1.54, 1.807) is 0 Å². The molecule has 0 spiro atoms. The Morgan fingerprint density at radius 3 is 2.08 bits per heavy atom. The molecule has 2 N–H and O–H groups in total. The number of unbranched alkanes of at least 4 members (excludes halogenated alkanes) is 1. The van der Waals surface area contributed by atoms with Gasteiger partial charge in [0.25, 0.3) is 0 Å². The Morgan fingerprint density at radius 1 is 1.08 bits per heavy atom. The average Bonchev–Trinajstić information content (AvgIpc) is 2.06. The normalized spacial score (nSPS) is 14.8. The second-order valence-electron chi connectivity index (χ2n) is 3.44. The molecule has 0 amide bonds. The van der Waals surface area contributed by atoms with Gasteiger partial charge in [0, 0.05) is 34.2 Å². The van der Waals surface area contributed by atoms with E-state index in [0.717, 1.165) is 32.1 Å². The van der Waals surface area contributed by atoms with E-state index in [0.29, 0.717) is 0 Å². The molecular formula is C10H22O2Ti. The molecule has 3 heteroatoms. The molecule has 0 radical (unpaired) electrons. The quantitative estimate of drug-likeness (QED) is 0.646. The van der Waals surface area contributed by atoms with Crippen molar-refractivity contribution in [3.05, 3.63) is 0 Å². The summed E-state index contributed by atoms with van der Waals surface area (Å²) in [5.41, 5.74) is 0. The Hall–Kier alpha value is 0.634. The van der Waals surface area contributed by atoms with Gasteiger partial charge in [-0.05, 0) is 12.8 Å². The minimum absolute atomic E-state index is 0. The zero-order valence-electron chi connectivity index (χ0n) is 8.79. The van der Waals surface area contributed by atoms with Crippen LogP contribution in [0.5, 0.6) is 0 Å². The van der Waals surface area contributed by atoms with Gasteiger partial charge in [-0.3, -0.25) is 0 Å². The van der Waals surface area contributed by atoms with Gasteiger partial charge in [-0.25, -0.2) is 0 Å². The van der Waals surface area contributed by atoms with Crippen LogP contribution >= 0.6 is 0 Å². The SMILES string of the molecule is CCCCC(CO)C(O)CCC.[Ti]. The van der Waals surface area contributed by atoms with Crippen molar-refractivity contribution >= 4 is 0 Å². The van der Waals surface area contributed by atoms with Crippen LogP contribution in [0.25, 0.3) is 0 Å². The van der Waals surface area contributed by atoms with Crippen LogP contribution in [0, 0.1) is 5.92 Å². The van der Waals surface area contributed by atoms with Crippen LogP contribution in [0.15, 0.2) is 0 Å². The predicted octanol–water partition coefficient (Wildman–Crippen LogP) is 1.94. The predicted molar refractivity (Wildman–Crippen MR) is 51.0 cm³/mol. The molecule has 0 heterocycles. The molecule has 0 rings (SSSR count). The van der Waals surface area contributed by atoms with Crippen LogP contribution in [-0.4, -0.2) is 22.9 Å². The van der Waals surface area contributed by atoms with Crippen molar-refractivity contribution in [3.63, 3.8) is 0 Å². The maximum atomic E-state index is 9.58. The van der Waals surface area contributed by atoms with Gasteiger partial charge in [-0.1, -0.05) is 33.1 Å². The molecular weight excluding hydrogens is 200 g/mol. The minimum atomic E-state index is -0.299. The Bertz CT molecular complexity index is 98.9. The van der Waals surface area contributed by atoms with Crippen molar-refractivity contribution in [2.24, 2.45) is 5.92 Å². The zero-order chi connectivity index (χ0) is 9.40. The molecule has 0 fully saturated rings. The summed E-state index contributed by atoms with van der Waals surface area (Å²) in [4.78, 5) is 0. The van der Waals surface area contributed by atoms with Gasteiger partial charge in [-0.15, -0.1) is 0 Å². The van der Waals surface area contributed by atoms with E-state index in [4.69, 9.17) is 5.11 Å². The van der Waals surface area contributed by atoms with Crippen molar-refractivity contribution in [2.75, 3.05) is 6.61 Å². The second kappa shape index (κ2) is 10.7. The van der Waals surface area contributed by atoms with Gasteiger partial charge in [0.1, 0.15) is 0 Å². The summed E-state index contributed by atoms with van der Waals surface area (Å²) < 4.78 is 0. The van der Waals surface area contributed by atoms with Crippen molar-refractivity contribution < 1.29 is 31.9 Å². The van der Waals surface area contributed by atoms with Crippen LogP contribution in [0.2, 0.25) is 0 Å². The first-order chi connectivity index (χ1) is 5.76. The topological polar surface area (TPSA) is 40.5 Å². The van der Waals surface area contributed by atoms with Crippen LogP contribution in [-0.2, 0) is 21.7 Å². The van der Waals surface area contributed by atoms with Gasteiger partial charge in [0.2, 0.25) is 0 Å². The largest absolute Gasteiger partial charge is 0.396 e. The Morgan fingerprint density at radius 2 is 1.69 bits per heavy atom. The molecule has 0 aromatic carbocycles. The van der Waals surface area contributed by atoms with Crippen LogP contribution in [0.4, 0.5) is 0 Å². The first-order valence-electron chi connectivity index (χ1n) is 5.05. The fourth-order valence-corrected chi connectivity index (χ4v) is 1.40. The molecule has 0 aliphatic rings. The first kappa shape index (κ1) is 16.1. The smallest absolute Gasteiger partial charge is 0.0590 e. The number of rotatable bonds is 7. The molecule has 13 heavy (non-hydrogen) atoms. The van der Waals surface area contributed by atoms with Gasteiger partial charge in [0.05, 0.1) is 6.10 Å². The maximum Gasteiger partial charge on any atom is 0.0590 e. The molecule has 2 unspecified atom stereocenters. The number of aliphatic hydroxyl groups is 2. The summed E-state index contributed by atoms with van der Waals surface area (Å²) in [6.45, 7) is 4.30. The van der Waals surface area contributed by atoms with E-state index in [1.165, 1.54) is 0 Å². The van der Waals surface area contributed by atoms with Crippen LogP contribution in [0.1, 0.15) is 46.0 Å². The zero-order valence-corrected chi connectivity index (χ0v) is 10.4. The van der Waals surface area contributed by atoms with Crippen molar-refractivity contribution in [2.45, 2.75) is 52.1 Å². The van der Waals surface area contributed by atoms with Crippen molar-refractivity contribution in [1.29, 1.82) is 0 Å². The summed E-state index contributed by atoms with van der Waals surface area (Å²) in [6, 6.07) is 0. The fourth-order valence-electron chi connectivity index (χ4n) is 1.40. The van der Waals surface area contributed by atoms with E-state index in [-0.39, 0.29) is 40.3 Å². The van der Waals surface area contributed by atoms with Crippen molar-refractivity contribution in [3.8, 4) is 0 Å². The van der Waals surface area contributed by atoms with Crippen LogP contribution < -0.4 is 0 Å². The third kappa shape index (κ3) is 7.69. The Balaban J connectivity index is 0. The maximum absolute atomic E-state index is 9.58. The van der Waals surface area contributed by atoms with E-state index in [2.05, 4.69) is 13.8 Å². The Kier molecular flexibility index (Phi) is 13.3. The molecule has 0 saturated carbocycles. The van der Waals surface area contributed by atoms with E-state index in [1.807, 2.05) is 0 Å². The summed E-state index contributed by atoms with van der Waals surface area (Å²) in [6.07, 6.45) is 4.69. The molecule has 2 nitrogen and oxygen atoms in total. The molecule has 2 atom stereocenters. The van der Waals surface area contributed by atoms with Gasteiger partial charge in [-0.2, -0.15) is 0 Å². The standard InChI is InChI=1S/C10H22O2.Ti/c1-3-5-7-9(8-11)10(12)6-4-2;/h9-12H,3-8H2,1-2H3;. The third-order valence-electron chi connectivity index (χ3n) is 2.29.